The Labute approximate surface area is 122 Å². The Kier molecular flexibility index (Phi) is 7.54. The van der Waals surface area contributed by atoms with Gasteiger partial charge in [0.05, 0.1) is 4.90 Å². The molecule has 1 aromatic carbocycles. The first kappa shape index (κ1) is 18.1. The van der Waals surface area contributed by atoms with Crippen molar-refractivity contribution in [2.24, 2.45) is 4.99 Å². The van der Waals surface area contributed by atoms with Crippen LogP contribution in [0.5, 0.6) is 0 Å². The van der Waals surface area contributed by atoms with Crippen LogP contribution in [0.15, 0.2) is 59.7 Å². The lowest BCUT2D eigenvalue weighted by molar-refractivity contribution is 0.562. The standard InChI is InChI=1S/C13H16N2O2S.C2H6/c1-5-14-12(4)15(6-2)18(16,17)13-9-7-11(3)8-10-13;1-2/h5-10H,1-2H2,3-4H3;1-2H3. The molecule has 0 bridgehead atoms. The molecule has 0 saturated heterocycles. The third-order valence-electron chi connectivity index (χ3n) is 2.34. The number of aryl methyl sites for hydroxylation is 1. The molecule has 0 N–H and O–H groups in total. The number of sulfonamides is 1. The summed E-state index contributed by atoms with van der Waals surface area (Å²) in [7, 11) is -3.65. The molecule has 5 heteroatoms. The largest absolute Gasteiger partial charge is 0.269 e. The smallest absolute Gasteiger partial charge is 0.243 e. The molecule has 0 atom stereocenters. The zero-order valence-corrected chi connectivity index (χ0v) is 13.3. The molecule has 1 rings (SSSR count). The number of benzene rings is 1. The molecule has 0 radical (unpaired) electrons. The molecule has 0 fully saturated rings. The second-order valence-electron chi connectivity index (χ2n) is 3.66. The fraction of sp³-hybridized carbons (Fsp3) is 0.267. The Hall–Kier alpha value is -1.88. The van der Waals surface area contributed by atoms with Crippen molar-refractivity contribution in [3.05, 3.63) is 55.4 Å². The lowest BCUT2D eigenvalue weighted by atomic mass is 10.2. The van der Waals surface area contributed by atoms with Crippen LogP contribution in [-0.4, -0.2) is 18.6 Å². The summed E-state index contributed by atoms with van der Waals surface area (Å²) < 4.78 is 25.7. The third-order valence-corrected chi connectivity index (χ3v) is 4.14. The summed E-state index contributed by atoms with van der Waals surface area (Å²) in [5, 5.41) is 0. The predicted molar refractivity (Wildman–Crippen MR) is 85.1 cm³/mol. The third kappa shape index (κ3) is 4.35. The van der Waals surface area contributed by atoms with Gasteiger partial charge in [0.2, 0.25) is 0 Å². The summed E-state index contributed by atoms with van der Waals surface area (Å²) >= 11 is 0. The second-order valence-corrected chi connectivity index (χ2v) is 5.47. The molecule has 0 aliphatic carbocycles. The summed E-state index contributed by atoms with van der Waals surface area (Å²) in [6.45, 7) is 14.4. The van der Waals surface area contributed by atoms with Crippen molar-refractivity contribution in [3.8, 4) is 0 Å². The monoisotopic (exact) mass is 294 g/mol. The van der Waals surface area contributed by atoms with E-state index in [2.05, 4.69) is 18.2 Å². The van der Waals surface area contributed by atoms with E-state index in [9.17, 15) is 8.42 Å². The normalized spacial score (nSPS) is 11.1. The Bertz CT molecular complexity index is 572. The van der Waals surface area contributed by atoms with Gasteiger partial charge in [-0.05, 0) is 26.0 Å². The van der Waals surface area contributed by atoms with E-state index in [1.165, 1.54) is 12.4 Å². The van der Waals surface area contributed by atoms with Gasteiger partial charge in [-0.15, -0.1) is 0 Å². The van der Waals surface area contributed by atoms with Crippen LogP contribution in [0.2, 0.25) is 0 Å². The minimum Gasteiger partial charge on any atom is -0.243 e. The van der Waals surface area contributed by atoms with Crippen LogP contribution in [-0.2, 0) is 10.0 Å². The van der Waals surface area contributed by atoms with E-state index in [4.69, 9.17) is 0 Å². The summed E-state index contributed by atoms with van der Waals surface area (Å²) in [5.74, 6) is 0.292. The highest BCUT2D eigenvalue weighted by Crippen LogP contribution is 2.17. The maximum absolute atomic E-state index is 12.3. The van der Waals surface area contributed by atoms with Crippen LogP contribution in [0.3, 0.4) is 0 Å². The molecule has 0 aliphatic rings. The van der Waals surface area contributed by atoms with Crippen molar-refractivity contribution < 1.29 is 8.42 Å². The van der Waals surface area contributed by atoms with Gasteiger partial charge < -0.3 is 0 Å². The van der Waals surface area contributed by atoms with Crippen LogP contribution >= 0.6 is 0 Å². The topological polar surface area (TPSA) is 49.7 Å². The number of hydrogen-bond donors (Lipinski definition) is 0. The predicted octanol–water partition coefficient (Wildman–Crippen LogP) is 3.72. The van der Waals surface area contributed by atoms with Gasteiger partial charge in [-0.2, -0.15) is 0 Å². The van der Waals surface area contributed by atoms with Crippen LogP contribution in [0.25, 0.3) is 0 Å². The van der Waals surface area contributed by atoms with Crippen molar-refractivity contribution >= 4 is 15.9 Å². The molecule has 1 aromatic rings. The van der Waals surface area contributed by atoms with Gasteiger partial charge >= 0.3 is 0 Å². The lowest BCUT2D eigenvalue weighted by Gasteiger charge is -2.19. The van der Waals surface area contributed by atoms with E-state index >= 15 is 0 Å². The molecule has 0 aliphatic heterocycles. The van der Waals surface area contributed by atoms with E-state index in [0.29, 0.717) is 5.84 Å². The molecule has 0 aromatic heterocycles. The maximum atomic E-state index is 12.3. The Morgan fingerprint density at radius 2 is 1.70 bits per heavy atom. The van der Waals surface area contributed by atoms with Crippen LogP contribution in [0.1, 0.15) is 26.3 Å². The first-order chi connectivity index (χ1) is 9.43. The summed E-state index contributed by atoms with van der Waals surface area (Å²) in [4.78, 5) is 4.06. The van der Waals surface area contributed by atoms with E-state index in [-0.39, 0.29) is 4.90 Å². The molecule has 20 heavy (non-hydrogen) atoms. The van der Waals surface area contributed by atoms with E-state index in [1.54, 1.807) is 31.2 Å². The highest BCUT2D eigenvalue weighted by molar-refractivity contribution is 7.89. The molecular formula is C15H22N2O2S. The van der Waals surface area contributed by atoms with Gasteiger partial charge in [-0.25, -0.2) is 17.7 Å². The first-order valence-electron chi connectivity index (χ1n) is 6.32. The molecule has 110 valence electrons. The van der Waals surface area contributed by atoms with Gasteiger partial charge in [0.15, 0.2) is 0 Å². The maximum Gasteiger partial charge on any atom is 0.269 e. The van der Waals surface area contributed by atoms with Crippen molar-refractivity contribution in [1.29, 1.82) is 0 Å². The first-order valence-corrected chi connectivity index (χ1v) is 7.76. The van der Waals surface area contributed by atoms with Crippen LogP contribution in [0, 0.1) is 6.92 Å². The SMILES string of the molecule is C=CN=C(C)N(C=C)S(=O)(=O)c1ccc(C)cc1.CC. The average molecular weight is 294 g/mol. The Morgan fingerprint density at radius 1 is 1.20 bits per heavy atom. The molecular weight excluding hydrogens is 272 g/mol. The van der Waals surface area contributed by atoms with E-state index in [0.717, 1.165) is 9.87 Å². The molecule has 4 nitrogen and oxygen atoms in total. The van der Waals surface area contributed by atoms with E-state index in [1.807, 2.05) is 20.8 Å². The number of rotatable bonds is 4. The zero-order chi connectivity index (χ0) is 15.8. The van der Waals surface area contributed by atoms with Gasteiger partial charge in [-0.1, -0.05) is 44.7 Å². The van der Waals surface area contributed by atoms with Gasteiger partial charge in [-0.3, -0.25) is 0 Å². The van der Waals surface area contributed by atoms with Crippen molar-refractivity contribution in [1.82, 2.24) is 4.31 Å². The lowest BCUT2D eigenvalue weighted by Crippen LogP contribution is -2.30. The number of amidine groups is 1. The summed E-state index contributed by atoms with van der Waals surface area (Å²) in [5.41, 5.74) is 0.996. The number of aliphatic imine (C=N–C) groups is 1. The molecule has 0 spiro atoms. The van der Waals surface area contributed by atoms with Crippen molar-refractivity contribution in [2.45, 2.75) is 32.6 Å². The van der Waals surface area contributed by atoms with Gasteiger partial charge in [0, 0.05) is 12.4 Å². The Morgan fingerprint density at radius 3 is 2.10 bits per heavy atom. The van der Waals surface area contributed by atoms with Crippen molar-refractivity contribution in [3.63, 3.8) is 0 Å². The van der Waals surface area contributed by atoms with Gasteiger partial charge in [0.25, 0.3) is 10.0 Å². The molecule has 0 amide bonds. The summed E-state index contributed by atoms with van der Waals surface area (Å²) in [6.07, 6.45) is 2.51. The van der Waals surface area contributed by atoms with Crippen LogP contribution in [0.4, 0.5) is 0 Å². The van der Waals surface area contributed by atoms with E-state index < -0.39 is 10.0 Å². The van der Waals surface area contributed by atoms with Crippen molar-refractivity contribution in [2.75, 3.05) is 0 Å². The Balaban J connectivity index is 0.00000172. The quantitative estimate of drug-likeness (QED) is 0.627. The number of hydrogen-bond acceptors (Lipinski definition) is 3. The fourth-order valence-corrected chi connectivity index (χ4v) is 2.72. The minimum atomic E-state index is -3.65. The molecule has 0 unspecified atom stereocenters. The highest BCUT2D eigenvalue weighted by Gasteiger charge is 2.22. The summed E-state index contributed by atoms with van der Waals surface area (Å²) in [6, 6.07) is 6.60. The van der Waals surface area contributed by atoms with Gasteiger partial charge in [0.1, 0.15) is 5.84 Å². The number of nitrogens with zero attached hydrogens (tertiary/aromatic N) is 2. The zero-order valence-electron chi connectivity index (χ0n) is 12.5. The minimum absolute atomic E-state index is 0.201. The average Bonchev–Trinajstić information content (AvgIpc) is 2.42. The molecule has 0 saturated carbocycles. The molecule has 0 heterocycles. The highest BCUT2D eigenvalue weighted by atomic mass is 32.2. The second kappa shape index (κ2) is 8.32. The van der Waals surface area contributed by atoms with Crippen LogP contribution < -0.4 is 0 Å². The fourth-order valence-electron chi connectivity index (χ4n) is 1.42.